The molecule has 1 rings (SSSR count). The summed E-state index contributed by atoms with van der Waals surface area (Å²) in [6.45, 7) is 8.40. The second-order valence-electron chi connectivity index (χ2n) is 4.64. The van der Waals surface area contributed by atoms with E-state index < -0.39 is 0 Å². The van der Waals surface area contributed by atoms with Gasteiger partial charge < -0.3 is 10.6 Å². The molecule has 0 spiro atoms. The standard InChI is InChI=1S/C14H24N2/c1-11-9-13(3)14(10-12(11)2)16(4)8-6-5-7-15/h9-10H,5-8,15H2,1-4H3. The van der Waals surface area contributed by atoms with Crippen LogP contribution in [0.4, 0.5) is 5.69 Å². The van der Waals surface area contributed by atoms with Gasteiger partial charge in [-0.25, -0.2) is 0 Å². The van der Waals surface area contributed by atoms with E-state index in [4.69, 9.17) is 5.73 Å². The molecule has 0 saturated heterocycles. The molecule has 0 bridgehead atoms. The summed E-state index contributed by atoms with van der Waals surface area (Å²) < 4.78 is 0. The fraction of sp³-hybridized carbons (Fsp3) is 0.571. The Morgan fingerprint density at radius 2 is 1.62 bits per heavy atom. The second kappa shape index (κ2) is 5.90. The van der Waals surface area contributed by atoms with Crippen molar-refractivity contribution in [2.24, 2.45) is 5.73 Å². The van der Waals surface area contributed by atoms with Crippen LogP contribution in [0.15, 0.2) is 12.1 Å². The molecule has 2 nitrogen and oxygen atoms in total. The molecule has 0 heterocycles. The van der Waals surface area contributed by atoms with Crippen molar-refractivity contribution in [2.45, 2.75) is 33.6 Å². The van der Waals surface area contributed by atoms with Gasteiger partial charge in [0, 0.05) is 19.3 Å². The van der Waals surface area contributed by atoms with Gasteiger partial charge in [0.2, 0.25) is 0 Å². The topological polar surface area (TPSA) is 29.3 Å². The van der Waals surface area contributed by atoms with Gasteiger partial charge in [0.05, 0.1) is 0 Å². The van der Waals surface area contributed by atoms with Crippen LogP contribution < -0.4 is 10.6 Å². The van der Waals surface area contributed by atoms with Crippen LogP contribution in [-0.4, -0.2) is 20.1 Å². The SMILES string of the molecule is Cc1cc(C)c(N(C)CCCCN)cc1C. The van der Waals surface area contributed by atoms with Crippen molar-refractivity contribution in [3.8, 4) is 0 Å². The van der Waals surface area contributed by atoms with Gasteiger partial charge >= 0.3 is 0 Å². The third kappa shape index (κ3) is 3.24. The Hall–Kier alpha value is -1.02. The molecule has 0 aromatic heterocycles. The van der Waals surface area contributed by atoms with Crippen LogP contribution in [0.25, 0.3) is 0 Å². The molecule has 0 fully saturated rings. The number of nitrogens with two attached hydrogens (primary N) is 1. The Bertz CT molecular complexity index is 345. The fourth-order valence-electron chi connectivity index (χ4n) is 1.97. The number of aryl methyl sites for hydroxylation is 3. The van der Waals surface area contributed by atoms with Gasteiger partial charge in [0.25, 0.3) is 0 Å². The highest BCUT2D eigenvalue weighted by atomic mass is 15.1. The van der Waals surface area contributed by atoms with Gasteiger partial charge in [-0.1, -0.05) is 6.07 Å². The van der Waals surface area contributed by atoms with Gasteiger partial charge in [-0.05, 0) is 62.9 Å². The Labute approximate surface area is 99.5 Å². The number of unbranched alkanes of at least 4 members (excludes halogenated alkanes) is 1. The summed E-state index contributed by atoms with van der Waals surface area (Å²) in [7, 11) is 2.16. The van der Waals surface area contributed by atoms with E-state index in [9.17, 15) is 0 Å². The molecule has 2 N–H and O–H groups in total. The fourth-order valence-corrected chi connectivity index (χ4v) is 1.97. The van der Waals surface area contributed by atoms with Crippen LogP contribution in [0.5, 0.6) is 0 Å². The van der Waals surface area contributed by atoms with Gasteiger partial charge in [0.15, 0.2) is 0 Å². The highest BCUT2D eigenvalue weighted by Crippen LogP contribution is 2.23. The molecule has 0 amide bonds. The van der Waals surface area contributed by atoms with Crippen LogP contribution in [-0.2, 0) is 0 Å². The number of hydrogen-bond acceptors (Lipinski definition) is 2. The maximum atomic E-state index is 5.51. The van der Waals surface area contributed by atoms with Crippen molar-refractivity contribution in [2.75, 3.05) is 25.0 Å². The van der Waals surface area contributed by atoms with E-state index >= 15 is 0 Å². The normalized spacial score (nSPS) is 10.6. The third-order valence-corrected chi connectivity index (χ3v) is 3.17. The van der Waals surface area contributed by atoms with Crippen LogP contribution in [0.3, 0.4) is 0 Å². The number of anilines is 1. The van der Waals surface area contributed by atoms with Crippen molar-refractivity contribution in [1.29, 1.82) is 0 Å². The summed E-state index contributed by atoms with van der Waals surface area (Å²) in [4.78, 5) is 2.33. The monoisotopic (exact) mass is 220 g/mol. The number of nitrogens with zero attached hydrogens (tertiary/aromatic N) is 1. The summed E-state index contributed by atoms with van der Waals surface area (Å²) in [5, 5.41) is 0. The number of rotatable bonds is 5. The van der Waals surface area contributed by atoms with Gasteiger partial charge in [-0.2, -0.15) is 0 Å². The molecule has 0 aliphatic rings. The van der Waals surface area contributed by atoms with E-state index in [1.807, 2.05) is 0 Å². The summed E-state index contributed by atoms with van der Waals surface area (Å²) in [5.41, 5.74) is 11.0. The lowest BCUT2D eigenvalue weighted by molar-refractivity contribution is 0.727. The van der Waals surface area contributed by atoms with E-state index in [2.05, 4.69) is 44.9 Å². The smallest absolute Gasteiger partial charge is 0.0396 e. The number of hydrogen-bond donors (Lipinski definition) is 1. The minimum atomic E-state index is 0.791. The minimum absolute atomic E-state index is 0.791. The highest BCUT2D eigenvalue weighted by Gasteiger charge is 2.06. The molecule has 1 aromatic carbocycles. The number of benzene rings is 1. The van der Waals surface area contributed by atoms with Crippen molar-refractivity contribution >= 4 is 5.69 Å². The second-order valence-corrected chi connectivity index (χ2v) is 4.64. The first-order chi connectivity index (χ1) is 7.56. The molecule has 0 saturated carbocycles. The maximum absolute atomic E-state index is 5.51. The molecule has 90 valence electrons. The van der Waals surface area contributed by atoms with Gasteiger partial charge in [-0.15, -0.1) is 0 Å². The van der Waals surface area contributed by atoms with E-state index in [0.29, 0.717) is 0 Å². The molecule has 0 atom stereocenters. The predicted octanol–water partition coefficient (Wildman–Crippen LogP) is 2.79. The minimum Gasteiger partial charge on any atom is -0.374 e. The maximum Gasteiger partial charge on any atom is 0.0396 e. The average Bonchev–Trinajstić information content (AvgIpc) is 2.23. The first-order valence-corrected chi connectivity index (χ1v) is 6.05. The van der Waals surface area contributed by atoms with Crippen molar-refractivity contribution in [3.05, 3.63) is 28.8 Å². The zero-order chi connectivity index (χ0) is 12.1. The lowest BCUT2D eigenvalue weighted by Gasteiger charge is -2.22. The van der Waals surface area contributed by atoms with Crippen LogP contribution in [0, 0.1) is 20.8 Å². The Morgan fingerprint density at radius 1 is 1.00 bits per heavy atom. The first kappa shape index (κ1) is 13.0. The van der Waals surface area contributed by atoms with Gasteiger partial charge in [0.1, 0.15) is 0 Å². The molecule has 0 radical (unpaired) electrons. The molecule has 0 aliphatic heterocycles. The van der Waals surface area contributed by atoms with Crippen LogP contribution >= 0.6 is 0 Å². The largest absolute Gasteiger partial charge is 0.374 e. The summed E-state index contributed by atoms with van der Waals surface area (Å²) >= 11 is 0. The first-order valence-electron chi connectivity index (χ1n) is 6.05. The zero-order valence-electron chi connectivity index (χ0n) is 11.0. The Balaban J connectivity index is 2.75. The van der Waals surface area contributed by atoms with Crippen LogP contribution in [0.1, 0.15) is 29.5 Å². The Morgan fingerprint density at radius 3 is 2.25 bits per heavy atom. The quantitative estimate of drug-likeness (QED) is 0.773. The summed E-state index contributed by atoms with van der Waals surface area (Å²) in [6, 6.07) is 4.55. The van der Waals surface area contributed by atoms with E-state index in [1.165, 1.54) is 28.8 Å². The summed E-state index contributed by atoms with van der Waals surface area (Å²) in [5.74, 6) is 0. The van der Waals surface area contributed by atoms with Crippen molar-refractivity contribution in [1.82, 2.24) is 0 Å². The molecular weight excluding hydrogens is 196 g/mol. The molecule has 16 heavy (non-hydrogen) atoms. The van der Waals surface area contributed by atoms with Gasteiger partial charge in [-0.3, -0.25) is 0 Å². The molecule has 0 aliphatic carbocycles. The lowest BCUT2D eigenvalue weighted by atomic mass is 10.0. The summed E-state index contributed by atoms with van der Waals surface area (Å²) in [6.07, 6.45) is 2.27. The third-order valence-electron chi connectivity index (χ3n) is 3.17. The van der Waals surface area contributed by atoms with Crippen molar-refractivity contribution < 1.29 is 0 Å². The van der Waals surface area contributed by atoms with Crippen LogP contribution in [0.2, 0.25) is 0 Å². The zero-order valence-corrected chi connectivity index (χ0v) is 11.0. The van der Waals surface area contributed by atoms with E-state index in [-0.39, 0.29) is 0 Å². The molecule has 2 heteroatoms. The van der Waals surface area contributed by atoms with E-state index in [1.54, 1.807) is 0 Å². The predicted molar refractivity (Wildman–Crippen MR) is 72.2 cm³/mol. The molecular formula is C14H24N2. The molecule has 0 unspecified atom stereocenters. The molecule has 1 aromatic rings. The van der Waals surface area contributed by atoms with Crippen molar-refractivity contribution in [3.63, 3.8) is 0 Å². The highest BCUT2D eigenvalue weighted by molar-refractivity contribution is 5.56. The average molecular weight is 220 g/mol. The Kier molecular flexibility index (Phi) is 4.81. The lowest BCUT2D eigenvalue weighted by Crippen LogP contribution is -2.20. The van der Waals surface area contributed by atoms with E-state index in [0.717, 1.165) is 19.5 Å².